The normalized spacial score (nSPS) is 11.4. The number of carbonyl (C=O) groups is 1. The van der Waals surface area contributed by atoms with E-state index >= 15 is 0 Å². The first-order valence-electron chi connectivity index (χ1n) is 5.74. The number of halogens is 2. The van der Waals surface area contributed by atoms with E-state index in [4.69, 9.17) is 28.9 Å². The highest BCUT2D eigenvalue weighted by Gasteiger charge is 2.12. The van der Waals surface area contributed by atoms with Crippen molar-refractivity contribution in [3.63, 3.8) is 0 Å². The van der Waals surface area contributed by atoms with Crippen LogP contribution in [0, 0.1) is 6.92 Å². The van der Waals surface area contributed by atoms with Crippen molar-refractivity contribution in [1.82, 2.24) is 4.98 Å². The Hall–Kier alpha value is -1.91. The molecule has 0 bridgehead atoms. The number of amides is 1. The molecule has 1 amide bonds. The highest BCUT2D eigenvalue weighted by molar-refractivity contribution is 6.35. The quantitative estimate of drug-likeness (QED) is 0.526. The largest absolute Gasteiger partial charge is 0.383 e. The zero-order valence-corrected chi connectivity index (χ0v) is 12.1. The Balaban J connectivity index is 2.34. The number of hydrogen-bond donors (Lipinski definition) is 1. The summed E-state index contributed by atoms with van der Waals surface area (Å²) < 4.78 is 0. The topological polar surface area (TPSA) is 68.3 Å². The second-order valence-corrected chi connectivity index (χ2v) is 4.96. The smallest absolute Gasteiger partial charge is 0.282 e. The molecule has 1 aromatic heterocycles. The van der Waals surface area contributed by atoms with Crippen LogP contribution in [0.3, 0.4) is 0 Å². The van der Waals surface area contributed by atoms with Crippen LogP contribution in [0.25, 0.3) is 0 Å². The van der Waals surface area contributed by atoms with Gasteiger partial charge in [0.15, 0.2) is 0 Å². The second-order valence-electron chi connectivity index (χ2n) is 4.16. The van der Waals surface area contributed by atoms with Gasteiger partial charge >= 0.3 is 0 Å². The third-order valence-corrected chi connectivity index (χ3v) is 3.08. The number of aromatic nitrogens is 1. The van der Waals surface area contributed by atoms with Gasteiger partial charge in [-0.25, -0.2) is 4.98 Å². The lowest BCUT2D eigenvalue weighted by molar-refractivity contribution is 0.100. The molecule has 0 aliphatic carbocycles. The molecule has 102 valence electrons. The molecule has 0 aliphatic heterocycles. The Bertz CT molecular complexity index is 699. The Labute approximate surface area is 126 Å². The van der Waals surface area contributed by atoms with Crippen LogP contribution in [-0.2, 0) is 0 Å². The monoisotopic (exact) mass is 307 g/mol. The van der Waals surface area contributed by atoms with Crippen LogP contribution in [0.15, 0.2) is 41.5 Å². The molecule has 4 nitrogen and oxygen atoms in total. The standard InChI is InChI=1S/C14H11Cl2N3O/c1-8-3-2-4-9(5-8)13(17)19-14(20)11-6-10(15)7-18-12(11)16/h2-7H,1H3,(H2,17,19,20). The van der Waals surface area contributed by atoms with Gasteiger partial charge in [0.2, 0.25) is 0 Å². The van der Waals surface area contributed by atoms with Crippen molar-refractivity contribution < 1.29 is 4.79 Å². The molecule has 0 unspecified atom stereocenters. The number of rotatable bonds is 2. The molecule has 1 aromatic carbocycles. The molecule has 6 heteroatoms. The van der Waals surface area contributed by atoms with Crippen molar-refractivity contribution >= 4 is 34.9 Å². The zero-order valence-electron chi connectivity index (χ0n) is 10.6. The van der Waals surface area contributed by atoms with E-state index in [0.29, 0.717) is 10.6 Å². The third kappa shape index (κ3) is 3.35. The zero-order chi connectivity index (χ0) is 14.7. The average molecular weight is 308 g/mol. The molecular weight excluding hydrogens is 297 g/mol. The highest BCUT2D eigenvalue weighted by Crippen LogP contribution is 2.18. The number of amidine groups is 1. The van der Waals surface area contributed by atoms with Crippen molar-refractivity contribution in [3.05, 3.63) is 63.4 Å². The van der Waals surface area contributed by atoms with Crippen molar-refractivity contribution in [2.75, 3.05) is 0 Å². The maximum absolute atomic E-state index is 12.0. The van der Waals surface area contributed by atoms with Gasteiger partial charge in [-0.1, -0.05) is 47.0 Å². The number of hydrogen-bond acceptors (Lipinski definition) is 2. The van der Waals surface area contributed by atoms with E-state index in [9.17, 15) is 4.79 Å². The van der Waals surface area contributed by atoms with Gasteiger partial charge < -0.3 is 5.73 Å². The van der Waals surface area contributed by atoms with Crippen molar-refractivity contribution in [3.8, 4) is 0 Å². The number of pyridine rings is 1. The third-order valence-electron chi connectivity index (χ3n) is 2.57. The fraction of sp³-hybridized carbons (Fsp3) is 0.0714. The molecule has 20 heavy (non-hydrogen) atoms. The van der Waals surface area contributed by atoms with Gasteiger partial charge in [0.1, 0.15) is 11.0 Å². The van der Waals surface area contributed by atoms with Crippen LogP contribution >= 0.6 is 23.2 Å². The minimum absolute atomic E-state index is 0.0418. The first-order chi connectivity index (χ1) is 9.47. The van der Waals surface area contributed by atoms with Gasteiger partial charge in [-0.2, -0.15) is 4.99 Å². The summed E-state index contributed by atoms with van der Waals surface area (Å²) in [5.74, 6) is -0.459. The van der Waals surface area contributed by atoms with E-state index < -0.39 is 5.91 Å². The van der Waals surface area contributed by atoms with Crippen LogP contribution in [0.4, 0.5) is 0 Å². The van der Waals surface area contributed by atoms with Gasteiger partial charge in [0.05, 0.1) is 10.6 Å². The number of carbonyl (C=O) groups excluding carboxylic acids is 1. The lowest BCUT2D eigenvalue weighted by Gasteiger charge is -2.03. The summed E-state index contributed by atoms with van der Waals surface area (Å²) in [4.78, 5) is 19.7. The Morgan fingerprint density at radius 1 is 1.30 bits per heavy atom. The average Bonchev–Trinajstić information content (AvgIpc) is 2.41. The van der Waals surface area contributed by atoms with E-state index in [1.54, 1.807) is 6.07 Å². The number of nitrogens with two attached hydrogens (primary N) is 1. The van der Waals surface area contributed by atoms with Crippen LogP contribution in [0.5, 0.6) is 0 Å². The van der Waals surface area contributed by atoms with Gasteiger partial charge in [0, 0.05) is 11.8 Å². The predicted octanol–water partition coefficient (Wildman–Crippen LogP) is 3.24. The molecule has 0 saturated heterocycles. The van der Waals surface area contributed by atoms with Crippen molar-refractivity contribution in [2.45, 2.75) is 6.92 Å². The summed E-state index contributed by atoms with van der Waals surface area (Å²) in [5.41, 5.74) is 7.64. The van der Waals surface area contributed by atoms with E-state index in [2.05, 4.69) is 9.98 Å². The van der Waals surface area contributed by atoms with Crippen molar-refractivity contribution in [1.29, 1.82) is 0 Å². The molecule has 2 aromatic rings. The number of nitrogens with zero attached hydrogens (tertiary/aromatic N) is 2. The van der Waals surface area contributed by atoms with Gasteiger partial charge in [0.25, 0.3) is 5.91 Å². The van der Waals surface area contributed by atoms with E-state index in [0.717, 1.165) is 5.56 Å². The van der Waals surface area contributed by atoms with E-state index in [1.165, 1.54) is 12.3 Å². The molecule has 2 N–H and O–H groups in total. The van der Waals surface area contributed by atoms with Crippen LogP contribution < -0.4 is 5.73 Å². The van der Waals surface area contributed by atoms with Gasteiger partial charge in [-0.3, -0.25) is 4.79 Å². The Morgan fingerprint density at radius 2 is 2.05 bits per heavy atom. The first kappa shape index (κ1) is 14.5. The summed E-state index contributed by atoms with van der Waals surface area (Å²) in [5, 5.41) is 0.349. The fourth-order valence-corrected chi connectivity index (χ4v) is 1.95. The maximum Gasteiger partial charge on any atom is 0.282 e. The van der Waals surface area contributed by atoms with Crippen LogP contribution in [0.2, 0.25) is 10.2 Å². The number of aliphatic imine (C=N–C) groups is 1. The summed E-state index contributed by atoms with van der Waals surface area (Å²) in [6.07, 6.45) is 1.36. The molecule has 1 heterocycles. The molecule has 0 aliphatic rings. The number of benzene rings is 1. The molecular formula is C14H11Cl2N3O. The minimum Gasteiger partial charge on any atom is -0.383 e. The lowest BCUT2D eigenvalue weighted by Crippen LogP contribution is -2.16. The fourth-order valence-electron chi connectivity index (χ4n) is 1.61. The molecule has 0 spiro atoms. The minimum atomic E-state index is -0.580. The predicted molar refractivity (Wildman–Crippen MR) is 80.5 cm³/mol. The highest BCUT2D eigenvalue weighted by atomic mass is 35.5. The second kappa shape index (κ2) is 6.03. The summed E-state index contributed by atoms with van der Waals surface area (Å²) in [6.45, 7) is 1.93. The molecule has 0 radical (unpaired) electrons. The first-order valence-corrected chi connectivity index (χ1v) is 6.49. The molecule has 0 atom stereocenters. The van der Waals surface area contributed by atoms with E-state index in [-0.39, 0.29) is 16.6 Å². The van der Waals surface area contributed by atoms with Crippen LogP contribution in [0.1, 0.15) is 21.5 Å². The van der Waals surface area contributed by atoms with E-state index in [1.807, 2.05) is 25.1 Å². The summed E-state index contributed by atoms with van der Waals surface area (Å²) in [7, 11) is 0. The molecule has 2 rings (SSSR count). The summed E-state index contributed by atoms with van der Waals surface area (Å²) >= 11 is 11.6. The summed E-state index contributed by atoms with van der Waals surface area (Å²) in [6, 6.07) is 8.79. The van der Waals surface area contributed by atoms with Gasteiger partial charge in [-0.15, -0.1) is 0 Å². The maximum atomic E-state index is 12.0. The van der Waals surface area contributed by atoms with Gasteiger partial charge in [-0.05, 0) is 19.1 Å². The Morgan fingerprint density at radius 3 is 2.75 bits per heavy atom. The Kier molecular flexibility index (Phi) is 4.37. The molecule has 0 fully saturated rings. The SMILES string of the molecule is Cc1cccc(C(N)=NC(=O)c2cc(Cl)cnc2Cl)c1. The van der Waals surface area contributed by atoms with Crippen LogP contribution in [-0.4, -0.2) is 16.7 Å². The molecule has 0 saturated carbocycles. The lowest BCUT2D eigenvalue weighted by atomic mass is 10.1. The van der Waals surface area contributed by atoms with Crippen molar-refractivity contribution in [2.24, 2.45) is 10.7 Å². The number of aryl methyl sites for hydroxylation is 1.